The van der Waals surface area contributed by atoms with Gasteiger partial charge in [0.1, 0.15) is 5.75 Å². The summed E-state index contributed by atoms with van der Waals surface area (Å²) in [6.07, 6.45) is -5.50. The van der Waals surface area contributed by atoms with Crippen molar-refractivity contribution in [2.75, 3.05) is 6.26 Å². The average molecular weight is 423 g/mol. The smallest absolute Gasteiger partial charge is 0.417 e. The normalized spacial score (nSPS) is 13.3. The molecule has 0 aromatic heterocycles. The number of rotatable bonds is 5. The Morgan fingerprint density at radius 2 is 1.81 bits per heavy atom. The third-order valence-corrected chi connectivity index (χ3v) is 4.98. The largest absolute Gasteiger partial charge is 0.479 e. The summed E-state index contributed by atoms with van der Waals surface area (Å²) in [6, 6.07) is 6.72. The van der Waals surface area contributed by atoms with Gasteiger partial charge in [0.05, 0.1) is 10.5 Å². The van der Waals surface area contributed by atoms with E-state index in [0.29, 0.717) is 12.3 Å². The van der Waals surface area contributed by atoms with Gasteiger partial charge in [-0.15, -0.1) is 0 Å². The highest BCUT2D eigenvalue weighted by Crippen LogP contribution is 2.40. The van der Waals surface area contributed by atoms with Gasteiger partial charge in [-0.3, -0.25) is 0 Å². The molecule has 0 spiro atoms. The van der Waals surface area contributed by atoms with Gasteiger partial charge in [-0.2, -0.15) is 13.2 Å². The van der Waals surface area contributed by atoms with Crippen LogP contribution < -0.4 is 4.74 Å². The van der Waals surface area contributed by atoms with Gasteiger partial charge in [0.2, 0.25) is 0 Å². The maximum absolute atomic E-state index is 13.4. The zero-order chi connectivity index (χ0) is 20.6. The first-order valence-corrected chi connectivity index (χ1v) is 9.68. The lowest BCUT2D eigenvalue weighted by atomic mass is 10.0. The molecule has 1 atom stereocenters. The van der Waals surface area contributed by atoms with Gasteiger partial charge in [-0.1, -0.05) is 17.7 Å². The van der Waals surface area contributed by atoms with Gasteiger partial charge in [0, 0.05) is 16.8 Å². The van der Waals surface area contributed by atoms with E-state index in [1.807, 2.05) is 0 Å². The van der Waals surface area contributed by atoms with Crippen molar-refractivity contribution in [2.24, 2.45) is 0 Å². The predicted octanol–water partition coefficient (Wildman–Crippen LogP) is 4.28. The first-order valence-electron chi connectivity index (χ1n) is 7.41. The number of carbonyl (C=O) groups is 1. The van der Waals surface area contributed by atoms with E-state index in [1.165, 1.54) is 31.2 Å². The third kappa shape index (κ3) is 4.92. The topological polar surface area (TPSA) is 80.7 Å². The number of carboxylic acids is 1. The van der Waals surface area contributed by atoms with Gasteiger partial charge in [0.15, 0.2) is 15.9 Å². The second-order valence-corrected chi connectivity index (χ2v) is 8.14. The van der Waals surface area contributed by atoms with Crippen LogP contribution in [0.25, 0.3) is 11.1 Å². The summed E-state index contributed by atoms with van der Waals surface area (Å²) < 4.78 is 68.8. The van der Waals surface area contributed by atoms with E-state index in [0.717, 1.165) is 6.07 Å². The van der Waals surface area contributed by atoms with Crippen molar-refractivity contribution in [2.45, 2.75) is 24.1 Å². The Labute approximate surface area is 158 Å². The van der Waals surface area contributed by atoms with Crippen LogP contribution in [0.1, 0.15) is 12.5 Å². The second-order valence-electron chi connectivity index (χ2n) is 5.72. The summed E-state index contributed by atoms with van der Waals surface area (Å²) in [7, 11) is -4.12. The summed E-state index contributed by atoms with van der Waals surface area (Å²) >= 11 is 5.91. The zero-order valence-corrected chi connectivity index (χ0v) is 15.6. The molecular weight excluding hydrogens is 409 g/mol. The monoisotopic (exact) mass is 422 g/mol. The van der Waals surface area contributed by atoms with Gasteiger partial charge >= 0.3 is 12.1 Å². The van der Waals surface area contributed by atoms with Crippen molar-refractivity contribution < 1.29 is 36.2 Å². The standard InChI is InChI=1S/C17H14ClF3O5S/c1-9(16(22)23)26-14-5-4-11(18)8-12(14)10-3-6-15(27(2,24)25)13(7-10)17(19,20)21/h3-9H,1-2H3,(H,22,23)/t9-/m0/s1. The number of halogens is 4. The molecule has 0 radical (unpaired) electrons. The molecular formula is C17H14ClF3O5S. The van der Waals surface area contributed by atoms with E-state index >= 15 is 0 Å². The molecule has 0 aliphatic heterocycles. The molecule has 10 heteroatoms. The first-order chi connectivity index (χ1) is 12.3. The van der Waals surface area contributed by atoms with Crippen LogP contribution in [0.15, 0.2) is 41.3 Å². The molecule has 1 N–H and O–H groups in total. The zero-order valence-electron chi connectivity index (χ0n) is 14.0. The number of sulfone groups is 1. The van der Waals surface area contributed by atoms with Crippen molar-refractivity contribution in [1.82, 2.24) is 0 Å². The number of hydrogen-bond donors (Lipinski definition) is 1. The van der Waals surface area contributed by atoms with Gasteiger partial charge in [-0.05, 0) is 42.8 Å². The molecule has 0 heterocycles. The second kappa shape index (κ2) is 7.40. The molecule has 2 aromatic carbocycles. The van der Waals surface area contributed by atoms with Crippen molar-refractivity contribution in [3.63, 3.8) is 0 Å². The molecule has 0 saturated heterocycles. The fourth-order valence-electron chi connectivity index (χ4n) is 2.31. The molecule has 0 saturated carbocycles. The summed E-state index contributed by atoms with van der Waals surface area (Å²) in [6.45, 7) is 1.26. The lowest BCUT2D eigenvalue weighted by Gasteiger charge is -2.17. The Morgan fingerprint density at radius 1 is 1.19 bits per heavy atom. The minimum atomic E-state index is -4.91. The molecule has 0 bridgehead atoms. The highest BCUT2D eigenvalue weighted by atomic mass is 35.5. The lowest BCUT2D eigenvalue weighted by molar-refractivity contribution is -0.144. The van der Waals surface area contributed by atoms with Gasteiger partial charge in [-0.25, -0.2) is 13.2 Å². The number of carboxylic acid groups (broad SMARTS) is 1. The van der Waals surface area contributed by atoms with Gasteiger partial charge < -0.3 is 9.84 Å². The van der Waals surface area contributed by atoms with E-state index in [9.17, 15) is 26.4 Å². The van der Waals surface area contributed by atoms with E-state index in [2.05, 4.69) is 0 Å². The predicted molar refractivity (Wildman–Crippen MR) is 92.7 cm³/mol. The fourth-order valence-corrected chi connectivity index (χ4v) is 3.38. The average Bonchev–Trinajstić information content (AvgIpc) is 2.54. The van der Waals surface area contributed by atoms with Crippen molar-refractivity contribution >= 4 is 27.4 Å². The van der Waals surface area contributed by atoms with Crippen LogP contribution in [0.2, 0.25) is 5.02 Å². The molecule has 146 valence electrons. The minimum absolute atomic E-state index is 0.00506. The Morgan fingerprint density at radius 3 is 2.33 bits per heavy atom. The Bertz CT molecular complexity index is 987. The van der Waals surface area contributed by atoms with Crippen LogP contribution in [0, 0.1) is 0 Å². The highest BCUT2D eigenvalue weighted by molar-refractivity contribution is 7.90. The Balaban J connectivity index is 2.68. The molecule has 0 unspecified atom stereocenters. The molecule has 0 aliphatic rings. The summed E-state index contributed by atoms with van der Waals surface area (Å²) in [5.74, 6) is -1.27. The third-order valence-electron chi connectivity index (χ3n) is 3.59. The molecule has 27 heavy (non-hydrogen) atoms. The highest BCUT2D eigenvalue weighted by Gasteiger charge is 2.36. The Kier molecular flexibility index (Phi) is 5.77. The van der Waals surface area contributed by atoms with Crippen LogP contribution in [0.3, 0.4) is 0 Å². The van der Waals surface area contributed by atoms with Gasteiger partial charge in [0.25, 0.3) is 0 Å². The number of hydrogen-bond acceptors (Lipinski definition) is 4. The molecule has 2 aromatic rings. The van der Waals surface area contributed by atoms with Crippen molar-refractivity contribution in [3.8, 4) is 16.9 Å². The van der Waals surface area contributed by atoms with Crippen LogP contribution in [-0.2, 0) is 20.8 Å². The van der Waals surface area contributed by atoms with E-state index < -0.39 is 38.5 Å². The molecule has 5 nitrogen and oxygen atoms in total. The first kappa shape index (κ1) is 21.0. The number of benzene rings is 2. The number of alkyl halides is 3. The van der Waals surface area contributed by atoms with E-state index in [4.69, 9.17) is 21.4 Å². The number of aliphatic carboxylic acids is 1. The Hall–Kier alpha value is -2.26. The minimum Gasteiger partial charge on any atom is -0.479 e. The molecule has 2 rings (SSSR count). The van der Waals surface area contributed by atoms with Crippen LogP contribution in [0.4, 0.5) is 13.2 Å². The summed E-state index contributed by atoms with van der Waals surface area (Å²) in [5, 5.41) is 9.15. The summed E-state index contributed by atoms with van der Waals surface area (Å²) in [5.41, 5.74) is -1.26. The molecule has 0 amide bonds. The van der Waals surface area contributed by atoms with Crippen LogP contribution in [-0.4, -0.2) is 31.9 Å². The van der Waals surface area contributed by atoms with Crippen LogP contribution in [0.5, 0.6) is 5.75 Å². The van der Waals surface area contributed by atoms with Crippen molar-refractivity contribution in [3.05, 3.63) is 47.0 Å². The summed E-state index contributed by atoms with van der Waals surface area (Å²) in [4.78, 5) is 10.1. The molecule has 0 fully saturated rings. The van der Waals surface area contributed by atoms with Crippen molar-refractivity contribution in [1.29, 1.82) is 0 Å². The number of ether oxygens (including phenoxy) is 1. The van der Waals surface area contributed by atoms with E-state index in [1.54, 1.807) is 0 Å². The molecule has 0 aliphatic carbocycles. The SMILES string of the molecule is C[C@H](Oc1ccc(Cl)cc1-c1ccc(S(C)(=O)=O)c(C(F)(F)F)c1)C(=O)O. The van der Waals surface area contributed by atoms with E-state index in [-0.39, 0.29) is 21.9 Å². The fraction of sp³-hybridized carbons (Fsp3) is 0.235. The van der Waals surface area contributed by atoms with Crippen LogP contribution >= 0.6 is 11.6 Å². The maximum atomic E-state index is 13.4. The quantitative estimate of drug-likeness (QED) is 0.777. The lowest BCUT2D eigenvalue weighted by Crippen LogP contribution is -2.23. The maximum Gasteiger partial charge on any atom is 0.417 e.